The van der Waals surface area contributed by atoms with Crippen LogP contribution in [0.15, 0.2) is 0 Å². The molecule has 1 atom stereocenters. The Morgan fingerprint density at radius 2 is 2.31 bits per heavy atom. The molecule has 1 heterocycles. The zero-order chi connectivity index (χ0) is 9.84. The van der Waals surface area contributed by atoms with Gasteiger partial charge in [0.1, 0.15) is 6.04 Å². The Hall–Kier alpha value is -1.10. The number of carbonyl (C=O) groups excluding carboxylic acids is 1. The predicted molar refractivity (Wildman–Crippen MR) is 46.3 cm³/mol. The SMILES string of the molecule is CCC(=O)N1CCNCC1C(=O)O. The molecule has 13 heavy (non-hydrogen) atoms. The number of carboxylic acid groups (broad SMARTS) is 1. The van der Waals surface area contributed by atoms with Gasteiger partial charge in [0.05, 0.1) is 0 Å². The minimum Gasteiger partial charge on any atom is -0.480 e. The lowest BCUT2D eigenvalue weighted by Crippen LogP contribution is -2.56. The minimum absolute atomic E-state index is 0.0890. The van der Waals surface area contributed by atoms with Crippen molar-refractivity contribution in [1.82, 2.24) is 10.2 Å². The van der Waals surface area contributed by atoms with E-state index in [1.165, 1.54) is 4.90 Å². The highest BCUT2D eigenvalue weighted by Gasteiger charge is 2.30. The number of hydrogen-bond acceptors (Lipinski definition) is 3. The lowest BCUT2D eigenvalue weighted by atomic mass is 10.2. The number of nitrogens with zero attached hydrogens (tertiary/aromatic N) is 1. The van der Waals surface area contributed by atoms with Crippen LogP contribution in [0.2, 0.25) is 0 Å². The van der Waals surface area contributed by atoms with Gasteiger partial charge in [0.25, 0.3) is 0 Å². The third-order valence-corrected chi connectivity index (χ3v) is 2.15. The normalized spacial score (nSPS) is 22.8. The predicted octanol–water partition coefficient (Wildman–Crippen LogP) is -0.719. The monoisotopic (exact) mass is 186 g/mol. The number of aliphatic carboxylic acids is 1. The second-order valence-corrected chi connectivity index (χ2v) is 3.00. The van der Waals surface area contributed by atoms with Crippen LogP contribution in [-0.4, -0.2) is 47.6 Å². The van der Waals surface area contributed by atoms with Crippen molar-refractivity contribution >= 4 is 11.9 Å². The molecule has 0 bridgehead atoms. The summed E-state index contributed by atoms with van der Waals surface area (Å²) in [4.78, 5) is 23.5. The van der Waals surface area contributed by atoms with Crippen LogP contribution in [0.3, 0.4) is 0 Å². The van der Waals surface area contributed by atoms with E-state index in [-0.39, 0.29) is 5.91 Å². The summed E-state index contributed by atoms with van der Waals surface area (Å²) in [5.74, 6) is -1.03. The van der Waals surface area contributed by atoms with Crippen LogP contribution in [0.5, 0.6) is 0 Å². The molecule has 5 nitrogen and oxygen atoms in total. The van der Waals surface area contributed by atoms with E-state index in [1.807, 2.05) is 0 Å². The van der Waals surface area contributed by atoms with Gasteiger partial charge in [0, 0.05) is 26.1 Å². The molecular formula is C8H14N2O3. The van der Waals surface area contributed by atoms with Gasteiger partial charge in [-0.15, -0.1) is 0 Å². The van der Waals surface area contributed by atoms with E-state index in [9.17, 15) is 9.59 Å². The fourth-order valence-electron chi connectivity index (χ4n) is 1.43. The molecule has 1 aliphatic heterocycles. The highest BCUT2D eigenvalue weighted by Crippen LogP contribution is 2.05. The molecule has 0 spiro atoms. The number of nitrogens with one attached hydrogen (secondary N) is 1. The molecule has 1 fully saturated rings. The molecule has 0 radical (unpaired) electrons. The molecule has 0 aliphatic carbocycles. The van der Waals surface area contributed by atoms with E-state index < -0.39 is 12.0 Å². The number of amides is 1. The van der Waals surface area contributed by atoms with Crippen molar-refractivity contribution in [3.05, 3.63) is 0 Å². The highest BCUT2D eigenvalue weighted by atomic mass is 16.4. The van der Waals surface area contributed by atoms with Crippen molar-refractivity contribution in [1.29, 1.82) is 0 Å². The Bertz CT molecular complexity index is 217. The molecule has 74 valence electrons. The van der Waals surface area contributed by atoms with Crippen molar-refractivity contribution in [2.45, 2.75) is 19.4 Å². The van der Waals surface area contributed by atoms with Gasteiger partial charge in [0.2, 0.25) is 5.91 Å². The third kappa shape index (κ3) is 2.18. The van der Waals surface area contributed by atoms with E-state index in [0.29, 0.717) is 26.1 Å². The molecule has 0 saturated carbocycles. The zero-order valence-electron chi connectivity index (χ0n) is 7.62. The number of piperazine rings is 1. The standard InChI is InChI=1S/C8H14N2O3/c1-2-7(11)10-4-3-9-5-6(10)8(12)13/h6,9H,2-5H2,1H3,(H,12,13). The van der Waals surface area contributed by atoms with Crippen molar-refractivity contribution < 1.29 is 14.7 Å². The molecule has 1 amide bonds. The summed E-state index contributed by atoms with van der Waals surface area (Å²) in [7, 11) is 0. The summed E-state index contributed by atoms with van der Waals surface area (Å²) in [6.07, 6.45) is 0.365. The zero-order valence-corrected chi connectivity index (χ0v) is 7.62. The maximum absolute atomic E-state index is 11.3. The number of rotatable bonds is 2. The summed E-state index contributed by atoms with van der Waals surface area (Å²) < 4.78 is 0. The molecule has 2 N–H and O–H groups in total. The first-order chi connectivity index (χ1) is 6.16. The molecular weight excluding hydrogens is 172 g/mol. The van der Waals surface area contributed by atoms with Gasteiger partial charge in [-0.25, -0.2) is 4.79 Å². The van der Waals surface area contributed by atoms with E-state index >= 15 is 0 Å². The lowest BCUT2D eigenvalue weighted by Gasteiger charge is -2.33. The molecule has 5 heteroatoms. The largest absolute Gasteiger partial charge is 0.480 e. The quantitative estimate of drug-likeness (QED) is 0.597. The van der Waals surface area contributed by atoms with Gasteiger partial charge < -0.3 is 15.3 Å². The first-order valence-electron chi connectivity index (χ1n) is 4.39. The van der Waals surface area contributed by atoms with E-state index in [1.54, 1.807) is 6.92 Å². The molecule has 1 saturated heterocycles. The Balaban J connectivity index is 2.67. The Kier molecular flexibility index (Phi) is 3.25. The van der Waals surface area contributed by atoms with Crippen LogP contribution in [0.4, 0.5) is 0 Å². The maximum Gasteiger partial charge on any atom is 0.327 e. The lowest BCUT2D eigenvalue weighted by molar-refractivity contribution is -0.151. The van der Waals surface area contributed by atoms with Gasteiger partial charge in [0.15, 0.2) is 0 Å². The maximum atomic E-state index is 11.3. The Morgan fingerprint density at radius 1 is 1.62 bits per heavy atom. The van der Waals surface area contributed by atoms with Crippen molar-refractivity contribution in [3.63, 3.8) is 0 Å². The van der Waals surface area contributed by atoms with Gasteiger partial charge in [-0.05, 0) is 0 Å². The number of carboxylic acids is 1. The van der Waals surface area contributed by atoms with Crippen LogP contribution < -0.4 is 5.32 Å². The molecule has 1 rings (SSSR count). The van der Waals surface area contributed by atoms with Crippen LogP contribution in [0, 0.1) is 0 Å². The summed E-state index contributed by atoms with van der Waals surface area (Å²) in [5, 5.41) is 11.8. The van der Waals surface area contributed by atoms with Crippen LogP contribution >= 0.6 is 0 Å². The average molecular weight is 186 g/mol. The van der Waals surface area contributed by atoms with Crippen molar-refractivity contribution in [2.75, 3.05) is 19.6 Å². The topological polar surface area (TPSA) is 69.6 Å². The van der Waals surface area contributed by atoms with Crippen LogP contribution in [0.1, 0.15) is 13.3 Å². The van der Waals surface area contributed by atoms with Crippen LogP contribution in [-0.2, 0) is 9.59 Å². The summed E-state index contributed by atoms with van der Waals surface area (Å²) >= 11 is 0. The molecule has 1 aliphatic rings. The molecule has 0 aromatic carbocycles. The third-order valence-electron chi connectivity index (χ3n) is 2.15. The molecule has 1 unspecified atom stereocenters. The Labute approximate surface area is 76.7 Å². The second-order valence-electron chi connectivity index (χ2n) is 3.00. The van der Waals surface area contributed by atoms with E-state index in [0.717, 1.165) is 0 Å². The molecule has 0 aromatic rings. The van der Waals surface area contributed by atoms with Crippen molar-refractivity contribution in [2.24, 2.45) is 0 Å². The van der Waals surface area contributed by atoms with Gasteiger partial charge in [-0.3, -0.25) is 4.79 Å². The average Bonchev–Trinajstić information content (AvgIpc) is 2.16. The summed E-state index contributed by atoms with van der Waals surface area (Å²) in [6.45, 7) is 3.25. The minimum atomic E-state index is -0.936. The Morgan fingerprint density at radius 3 is 2.85 bits per heavy atom. The fraction of sp³-hybridized carbons (Fsp3) is 0.750. The fourth-order valence-corrected chi connectivity index (χ4v) is 1.43. The van der Waals surface area contributed by atoms with Crippen molar-refractivity contribution in [3.8, 4) is 0 Å². The smallest absolute Gasteiger partial charge is 0.327 e. The van der Waals surface area contributed by atoms with Gasteiger partial charge in [-0.1, -0.05) is 6.92 Å². The van der Waals surface area contributed by atoms with Crippen LogP contribution in [0.25, 0.3) is 0 Å². The number of carbonyl (C=O) groups is 2. The molecule has 0 aromatic heterocycles. The van der Waals surface area contributed by atoms with Gasteiger partial charge >= 0.3 is 5.97 Å². The summed E-state index contributed by atoms with van der Waals surface area (Å²) in [5.41, 5.74) is 0. The first kappa shape index (κ1) is 9.98. The summed E-state index contributed by atoms with van der Waals surface area (Å²) in [6, 6.07) is -0.693. The van der Waals surface area contributed by atoms with E-state index in [2.05, 4.69) is 5.32 Å². The second kappa shape index (κ2) is 4.23. The number of hydrogen-bond donors (Lipinski definition) is 2. The van der Waals surface area contributed by atoms with Gasteiger partial charge in [-0.2, -0.15) is 0 Å². The first-order valence-corrected chi connectivity index (χ1v) is 4.39. The highest BCUT2D eigenvalue weighted by molar-refractivity contribution is 5.83. The van der Waals surface area contributed by atoms with E-state index in [4.69, 9.17) is 5.11 Å².